The molecule has 31 heavy (non-hydrogen) atoms. The number of hydrogen-bond donors (Lipinski definition) is 0. The van der Waals surface area contributed by atoms with E-state index in [1.54, 1.807) is 12.1 Å². The van der Waals surface area contributed by atoms with Gasteiger partial charge in [-0.3, -0.25) is 4.90 Å². The number of benzene rings is 2. The van der Waals surface area contributed by atoms with Gasteiger partial charge in [0.2, 0.25) is 0 Å². The lowest BCUT2D eigenvalue weighted by molar-refractivity contribution is -0.0498. The van der Waals surface area contributed by atoms with Crippen LogP contribution in [0.2, 0.25) is 0 Å². The Bertz CT molecular complexity index is 841. The molecule has 0 aliphatic carbocycles. The fourth-order valence-electron chi connectivity index (χ4n) is 4.38. The standard InChI is InChI=1S/C24H30F2N2O3/c1-27-16-19-15-21(30-12-2-9-28-10-13-29-14-11-28)7-8-22(19)23(17-27)18-3-5-20(6-4-18)31-24(25)26/h3-8,15,23-24H,2,9-14,16-17H2,1H3. The van der Waals surface area contributed by atoms with Crippen LogP contribution in [0.4, 0.5) is 8.78 Å². The van der Waals surface area contributed by atoms with Crippen molar-refractivity contribution in [2.45, 2.75) is 25.5 Å². The smallest absolute Gasteiger partial charge is 0.387 e. The lowest BCUT2D eigenvalue weighted by Gasteiger charge is -2.33. The van der Waals surface area contributed by atoms with Gasteiger partial charge >= 0.3 is 6.61 Å². The third-order valence-corrected chi connectivity index (χ3v) is 5.92. The summed E-state index contributed by atoms with van der Waals surface area (Å²) in [4.78, 5) is 4.69. The molecule has 0 saturated carbocycles. The van der Waals surface area contributed by atoms with E-state index in [9.17, 15) is 8.78 Å². The van der Waals surface area contributed by atoms with E-state index < -0.39 is 6.61 Å². The van der Waals surface area contributed by atoms with Gasteiger partial charge in [0.15, 0.2) is 0 Å². The maximum atomic E-state index is 12.4. The fraction of sp³-hybridized carbons (Fsp3) is 0.500. The van der Waals surface area contributed by atoms with Crippen LogP contribution in [0.1, 0.15) is 29.0 Å². The number of halogens is 2. The second kappa shape index (κ2) is 10.4. The summed E-state index contributed by atoms with van der Waals surface area (Å²) in [6.07, 6.45) is 0.993. The van der Waals surface area contributed by atoms with Crippen molar-refractivity contribution >= 4 is 0 Å². The second-order valence-electron chi connectivity index (χ2n) is 8.21. The molecule has 0 radical (unpaired) electrons. The molecular formula is C24H30F2N2O3. The van der Waals surface area contributed by atoms with Crippen molar-refractivity contribution in [3.63, 3.8) is 0 Å². The molecule has 1 unspecified atom stereocenters. The van der Waals surface area contributed by atoms with Gasteiger partial charge in [-0.05, 0) is 54.4 Å². The topological polar surface area (TPSA) is 34.2 Å². The van der Waals surface area contributed by atoms with Crippen molar-refractivity contribution in [1.82, 2.24) is 9.80 Å². The van der Waals surface area contributed by atoms with Gasteiger partial charge in [-0.15, -0.1) is 0 Å². The molecule has 1 atom stereocenters. The Hall–Kier alpha value is -2.22. The van der Waals surface area contributed by atoms with E-state index in [-0.39, 0.29) is 11.7 Å². The Balaban J connectivity index is 1.38. The number of ether oxygens (including phenoxy) is 3. The highest BCUT2D eigenvalue weighted by Crippen LogP contribution is 2.35. The summed E-state index contributed by atoms with van der Waals surface area (Å²) in [5.74, 6) is 1.27. The summed E-state index contributed by atoms with van der Waals surface area (Å²) in [5, 5.41) is 0. The van der Waals surface area contributed by atoms with Crippen molar-refractivity contribution in [1.29, 1.82) is 0 Å². The Labute approximate surface area is 182 Å². The average Bonchev–Trinajstić information content (AvgIpc) is 2.77. The van der Waals surface area contributed by atoms with Gasteiger partial charge in [-0.1, -0.05) is 18.2 Å². The second-order valence-corrected chi connectivity index (χ2v) is 8.21. The molecule has 1 fully saturated rings. The van der Waals surface area contributed by atoms with E-state index in [2.05, 4.69) is 33.7 Å². The molecule has 7 heteroatoms. The third kappa shape index (κ3) is 5.93. The van der Waals surface area contributed by atoms with E-state index in [0.717, 1.165) is 63.7 Å². The molecule has 4 rings (SSSR count). The van der Waals surface area contributed by atoms with E-state index in [1.165, 1.54) is 11.1 Å². The van der Waals surface area contributed by atoms with Gasteiger partial charge < -0.3 is 19.1 Å². The number of fused-ring (bicyclic) bond motifs is 1. The first kappa shape index (κ1) is 22.0. The molecule has 0 amide bonds. The fourth-order valence-corrected chi connectivity index (χ4v) is 4.38. The Morgan fingerprint density at radius 2 is 1.81 bits per heavy atom. The highest BCUT2D eigenvalue weighted by molar-refractivity contribution is 5.45. The molecule has 0 N–H and O–H groups in total. The summed E-state index contributed by atoms with van der Waals surface area (Å²) in [6, 6.07) is 13.3. The molecule has 168 valence electrons. The van der Waals surface area contributed by atoms with Crippen LogP contribution in [0.3, 0.4) is 0 Å². The first-order valence-corrected chi connectivity index (χ1v) is 10.9. The van der Waals surface area contributed by atoms with Crippen LogP contribution in [-0.2, 0) is 11.3 Å². The lowest BCUT2D eigenvalue weighted by atomic mass is 9.84. The normalized spacial score (nSPS) is 19.9. The first-order valence-electron chi connectivity index (χ1n) is 10.9. The highest BCUT2D eigenvalue weighted by atomic mass is 19.3. The maximum absolute atomic E-state index is 12.4. The minimum absolute atomic E-state index is 0.184. The van der Waals surface area contributed by atoms with Crippen LogP contribution in [0.25, 0.3) is 0 Å². The Kier molecular flexibility index (Phi) is 7.37. The van der Waals surface area contributed by atoms with E-state index in [0.29, 0.717) is 6.61 Å². The van der Waals surface area contributed by atoms with Crippen molar-refractivity contribution in [2.24, 2.45) is 0 Å². The molecule has 2 aromatic rings. The lowest BCUT2D eigenvalue weighted by Crippen LogP contribution is -2.37. The van der Waals surface area contributed by atoms with Gasteiger partial charge in [0.05, 0.1) is 19.8 Å². The van der Waals surface area contributed by atoms with E-state index in [4.69, 9.17) is 9.47 Å². The molecule has 1 saturated heterocycles. The van der Waals surface area contributed by atoms with Crippen LogP contribution >= 0.6 is 0 Å². The number of nitrogens with zero attached hydrogens (tertiary/aromatic N) is 2. The van der Waals surface area contributed by atoms with Gasteiger partial charge in [0.1, 0.15) is 11.5 Å². The number of alkyl halides is 2. The quantitative estimate of drug-likeness (QED) is 0.590. The molecule has 0 spiro atoms. The van der Waals surface area contributed by atoms with Gasteiger partial charge in [-0.25, -0.2) is 0 Å². The van der Waals surface area contributed by atoms with Crippen molar-refractivity contribution < 1.29 is 23.0 Å². The first-order chi connectivity index (χ1) is 15.1. The van der Waals surface area contributed by atoms with Gasteiger partial charge in [0, 0.05) is 38.6 Å². The summed E-state index contributed by atoms with van der Waals surface area (Å²) in [7, 11) is 2.10. The number of likely N-dealkylation sites (N-methyl/N-ethyl adjacent to an activating group) is 1. The zero-order valence-electron chi connectivity index (χ0n) is 17.9. The average molecular weight is 433 g/mol. The Morgan fingerprint density at radius 3 is 2.55 bits per heavy atom. The molecule has 0 bridgehead atoms. The highest BCUT2D eigenvalue weighted by Gasteiger charge is 2.25. The molecule has 2 aromatic carbocycles. The van der Waals surface area contributed by atoms with Crippen LogP contribution in [0.15, 0.2) is 42.5 Å². The summed E-state index contributed by atoms with van der Waals surface area (Å²) >= 11 is 0. The molecule has 2 aliphatic rings. The van der Waals surface area contributed by atoms with Gasteiger partial charge in [0.25, 0.3) is 0 Å². The van der Waals surface area contributed by atoms with Gasteiger partial charge in [-0.2, -0.15) is 8.78 Å². The molecule has 0 aromatic heterocycles. The molecule has 2 aliphatic heterocycles. The number of rotatable bonds is 8. The summed E-state index contributed by atoms with van der Waals surface area (Å²) < 4.78 is 40.7. The zero-order valence-corrected chi connectivity index (χ0v) is 17.9. The number of morpholine rings is 1. The molecule has 2 heterocycles. The van der Waals surface area contributed by atoms with Crippen LogP contribution in [0, 0.1) is 0 Å². The van der Waals surface area contributed by atoms with Crippen LogP contribution in [-0.4, -0.2) is 69.5 Å². The summed E-state index contributed by atoms with van der Waals surface area (Å²) in [6.45, 7) is 4.31. The predicted molar refractivity (Wildman–Crippen MR) is 115 cm³/mol. The SMILES string of the molecule is CN1Cc2cc(OCCCN3CCOCC3)ccc2C(c2ccc(OC(F)F)cc2)C1. The van der Waals surface area contributed by atoms with Crippen molar-refractivity contribution in [2.75, 3.05) is 53.0 Å². The minimum Gasteiger partial charge on any atom is -0.494 e. The third-order valence-electron chi connectivity index (χ3n) is 5.92. The van der Waals surface area contributed by atoms with E-state index in [1.807, 2.05) is 18.2 Å². The largest absolute Gasteiger partial charge is 0.494 e. The van der Waals surface area contributed by atoms with Crippen LogP contribution < -0.4 is 9.47 Å². The summed E-state index contributed by atoms with van der Waals surface area (Å²) in [5.41, 5.74) is 3.60. The predicted octanol–water partition coefficient (Wildman–Crippen LogP) is 3.97. The monoisotopic (exact) mass is 432 g/mol. The number of hydrogen-bond acceptors (Lipinski definition) is 5. The van der Waals surface area contributed by atoms with Crippen LogP contribution in [0.5, 0.6) is 11.5 Å². The van der Waals surface area contributed by atoms with Crippen molar-refractivity contribution in [3.05, 3.63) is 59.2 Å². The Morgan fingerprint density at radius 1 is 1.06 bits per heavy atom. The molecule has 5 nitrogen and oxygen atoms in total. The molecular weight excluding hydrogens is 402 g/mol. The minimum atomic E-state index is -2.81. The van der Waals surface area contributed by atoms with E-state index >= 15 is 0 Å². The zero-order chi connectivity index (χ0) is 21.6. The maximum Gasteiger partial charge on any atom is 0.387 e. The van der Waals surface area contributed by atoms with Crippen molar-refractivity contribution in [3.8, 4) is 11.5 Å².